The summed E-state index contributed by atoms with van der Waals surface area (Å²) in [6.07, 6.45) is 3.24. The lowest BCUT2D eigenvalue weighted by Crippen LogP contribution is -2.36. The Morgan fingerprint density at radius 1 is 1.08 bits per heavy atom. The van der Waals surface area contributed by atoms with Gasteiger partial charge in [0.1, 0.15) is 5.82 Å². The van der Waals surface area contributed by atoms with Gasteiger partial charge in [0.05, 0.1) is 11.4 Å². The number of rotatable bonds is 3. The van der Waals surface area contributed by atoms with E-state index in [0.29, 0.717) is 12.8 Å². The summed E-state index contributed by atoms with van der Waals surface area (Å²) in [6, 6.07) is 14.5. The normalized spacial score (nSPS) is 15.3. The van der Waals surface area contributed by atoms with Crippen LogP contribution < -0.4 is 4.90 Å². The zero-order valence-corrected chi connectivity index (χ0v) is 14.7. The van der Waals surface area contributed by atoms with Crippen molar-refractivity contribution in [2.24, 2.45) is 5.92 Å². The molecule has 0 bridgehead atoms. The molecule has 1 aliphatic heterocycles. The molecule has 2 aromatic heterocycles. The molecule has 1 saturated heterocycles. The van der Waals surface area contributed by atoms with Crippen molar-refractivity contribution in [1.82, 2.24) is 9.97 Å². The number of hydrogen-bond donors (Lipinski definition) is 1. The summed E-state index contributed by atoms with van der Waals surface area (Å²) >= 11 is 0. The number of piperidine rings is 1. The number of nitrogens with zero attached hydrogens (tertiary/aromatic N) is 3. The minimum Gasteiger partial charge on any atom is -0.481 e. The Morgan fingerprint density at radius 3 is 2.54 bits per heavy atom. The fraction of sp³-hybridized carbons (Fsp3) is 0.286. The second-order valence-corrected chi connectivity index (χ2v) is 6.86. The van der Waals surface area contributed by atoms with E-state index in [1.807, 2.05) is 31.3 Å². The van der Waals surface area contributed by atoms with E-state index < -0.39 is 5.97 Å². The number of pyridine rings is 2. The number of benzene rings is 1. The van der Waals surface area contributed by atoms with Crippen LogP contribution in [-0.4, -0.2) is 34.1 Å². The molecule has 1 N–H and O–H groups in total. The molecule has 3 heterocycles. The predicted molar refractivity (Wildman–Crippen MR) is 102 cm³/mol. The smallest absolute Gasteiger partial charge is 0.306 e. The fourth-order valence-electron chi connectivity index (χ4n) is 3.46. The van der Waals surface area contributed by atoms with Crippen LogP contribution in [0.3, 0.4) is 0 Å². The highest BCUT2D eigenvalue weighted by Crippen LogP contribution is 2.27. The Kier molecular flexibility index (Phi) is 4.29. The average molecular weight is 347 g/mol. The Hall–Kier alpha value is -2.95. The first-order valence-corrected chi connectivity index (χ1v) is 8.92. The molecule has 0 atom stereocenters. The predicted octanol–water partition coefficient (Wildman–Crippen LogP) is 3.91. The van der Waals surface area contributed by atoms with Crippen molar-refractivity contribution in [2.75, 3.05) is 18.0 Å². The van der Waals surface area contributed by atoms with Crippen LogP contribution in [0.1, 0.15) is 18.5 Å². The van der Waals surface area contributed by atoms with Gasteiger partial charge in [-0.2, -0.15) is 0 Å². The first-order chi connectivity index (χ1) is 12.6. The number of aromatic nitrogens is 2. The van der Waals surface area contributed by atoms with Crippen molar-refractivity contribution >= 4 is 22.7 Å². The van der Waals surface area contributed by atoms with Gasteiger partial charge in [0, 0.05) is 35.9 Å². The fourth-order valence-corrected chi connectivity index (χ4v) is 3.46. The molecule has 5 heteroatoms. The van der Waals surface area contributed by atoms with Crippen LogP contribution in [0.5, 0.6) is 0 Å². The summed E-state index contributed by atoms with van der Waals surface area (Å²) < 4.78 is 0. The molecule has 0 unspecified atom stereocenters. The minimum absolute atomic E-state index is 0.225. The van der Waals surface area contributed by atoms with Crippen LogP contribution in [0, 0.1) is 12.8 Å². The molecule has 0 saturated carbocycles. The molecule has 1 fully saturated rings. The molecule has 0 radical (unpaired) electrons. The van der Waals surface area contributed by atoms with Crippen molar-refractivity contribution in [1.29, 1.82) is 0 Å². The number of carbonyl (C=O) groups is 1. The van der Waals surface area contributed by atoms with E-state index in [-0.39, 0.29) is 5.92 Å². The third-order valence-electron chi connectivity index (χ3n) is 5.09. The van der Waals surface area contributed by atoms with Gasteiger partial charge < -0.3 is 10.0 Å². The maximum atomic E-state index is 11.1. The highest BCUT2D eigenvalue weighted by Gasteiger charge is 2.25. The zero-order valence-electron chi connectivity index (χ0n) is 14.7. The lowest BCUT2D eigenvalue weighted by atomic mass is 9.97. The van der Waals surface area contributed by atoms with Gasteiger partial charge >= 0.3 is 5.97 Å². The molecular formula is C21H21N3O2. The molecule has 0 aliphatic carbocycles. The van der Waals surface area contributed by atoms with Gasteiger partial charge in [0.2, 0.25) is 0 Å². The van der Waals surface area contributed by atoms with E-state index in [1.165, 1.54) is 0 Å². The molecule has 132 valence electrons. The lowest BCUT2D eigenvalue weighted by Gasteiger charge is -2.31. The monoisotopic (exact) mass is 347 g/mol. The average Bonchev–Trinajstić information content (AvgIpc) is 2.68. The molecule has 5 nitrogen and oxygen atoms in total. The summed E-state index contributed by atoms with van der Waals surface area (Å²) in [5, 5.41) is 10.2. The van der Waals surface area contributed by atoms with E-state index >= 15 is 0 Å². The minimum atomic E-state index is -0.686. The first kappa shape index (κ1) is 16.5. The van der Waals surface area contributed by atoms with Crippen LogP contribution in [-0.2, 0) is 4.79 Å². The highest BCUT2D eigenvalue weighted by molar-refractivity contribution is 5.85. The molecule has 1 aliphatic rings. The Bertz CT molecular complexity index is 945. The second kappa shape index (κ2) is 6.75. The van der Waals surface area contributed by atoms with E-state index in [9.17, 15) is 4.79 Å². The zero-order chi connectivity index (χ0) is 18.1. The standard InChI is InChI=1S/C21H21N3O2/c1-14-2-3-18(13-22-14)16-4-6-19-17(12-16)5-7-20(23-19)24-10-8-15(9-11-24)21(25)26/h2-7,12-13,15H,8-11H2,1H3,(H,25,26). The number of hydrogen-bond acceptors (Lipinski definition) is 4. The van der Waals surface area contributed by atoms with Gasteiger partial charge in [-0.15, -0.1) is 0 Å². The van der Waals surface area contributed by atoms with Crippen LogP contribution in [0.2, 0.25) is 0 Å². The van der Waals surface area contributed by atoms with Crippen LogP contribution >= 0.6 is 0 Å². The van der Waals surface area contributed by atoms with Crippen molar-refractivity contribution in [3.05, 3.63) is 54.4 Å². The van der Waals surface area contributed by atoms with E-state index in [2.05, 4.69) is 34.1 Å². The summed E-state index contributed by atoms with van der Waals surface area (Å²) in [6.45, 7) is 3.46. The van der Waals surface area contributed by atoms with Gasteiger partial charge in [-0.25, -0.2) is 4.98 Å². The molecule has 3 aromatic rings. The van der Waals surface area contributed by atoms with Crippen molar-refractivity contribution in [3.8, 4) is 11.1 Å². The highest BCUT2D eigenvalue weighted by atomic mass is 16.4. The Balaban J connectivity index is 1.58. The summed E-state index contributed by atoms with van der Waals surface area (Å²) in [7, 11) is 0. The molecule has 26 heavy (non-hydrogen) atoms. The number of fused-ring (bicyclic) bond motifs is 1. The van der Waals surface area contributed by atoms with Crippen molar-refractivity contribution in [3.63, 3.8) is 0 Å². The largest absolute Gasteiger partial charge is 0.481 e. The topological polar surface area (TPSA) is 66.3 Å². The number of aryl methyl sites for hydroxylation is 1. The van der Waals surface area contributed by atoms with Gasteiger partial charge in [-0.05, 0) is 55.7 Å². The molecule has 0 amide bonds. The molecular weight excluding hydrogens is 326 g/mol. The van der Waals surface area contributed by atoms with Crippen molar-refractivity contribution < 1.29 is 9.90 Å². The molecule has 0 spiro atoms. The maximum Gasteiger partial charge on any atom is 0.306 e. The quantitative estimate of drug-likeness (QED) is 0.778. The van der Waals surface area contributed by atoms with Crippen LogP contribution in [0.15, 0.2) is 48.7 Å². The summed E-state index contributed by atoms with van der Waals surface area (Å²) in [5.41, 5.74) is 4.18. The van der Waals surface area contributed by atoms with E-state index in [0.717, 1.165) is 46.6 Å². The van der Waals surface area contributed by atoms with Gasteiger partial charge in [-0.3, -0.25) is 9.78 Å². The number of anilines is 1. The van der Waals surface area contributed by atoms with Gasteiger partial charge in [0.25, 0.3) is 0 Å². The van der Waals surface area contributed by atoms with E-state index in [1.54, 1.807) is 0 Å². The summed E-state index contributed by atoms with van der Waals surface area (Å²) in [4.78, 5) is 22.4. The summed E-state index contributed by atoms with van der Waals surface area (Å²) in [5.74, 6) is 0.0118. The third-order valence-corrected chi connectivity index (χ3v) is 5.09. The number of carboxylic acid groups (broad SMARTS) is 1. The number of aliphatic carboxylic acids is 1. The molecule has 1 aromatic carbocycles. The Morgan fingerprint density at radius 2 is 1.85 bits per heavy atom. The third kappa shape index (κ3) is 3.25. The van der Waals surface area contributed by atoms with Gasteiger partial charge in [-0.1, -0.05) is 12.1 Å². The SMILES string of the molecule is Cc1ccc(-c2ccc3nc(N4CCC(C(=O)O)CC4)ccc3c2)cn1. The van der Waals surface area contributed by atoms with Crippen LogP contribution in [0.4, 0.5) is 5.82 Å². The van der Waals surface area contributed by atoms with E-state index in [4.69, 9.17) is 10.1 Å². The molecule has 4 rings (SSSR count). The van der Waals surface area contributed by atoms with Crippen LogP contribution in [0.25, 0.3) is 22.0 Å². The first-order valence-electron chi connectivity index (χ1n) is 8.92. The Labute approximate surface area is 152 Å². The number of carboxylic acids is 1. The lowest BCUT2D eigenvalue weighted by molar-refractivity contribution is -0.142. The second-order valence-electron chi connectivity index (χ2n) is 6.86. The maximum absolute atomic E-state index is 11.1. The van der Waals surface area contributed by atoms with Gasteiger partial charge in [0.15, 0.2) is 0 Å². The van der Waals surface area contributed by atoms with Crippen molar-refractivity contribution in [2.45, 2.75) is 19.8 Å².